The minimum Gasteiger partial charge on any atom is -0.508 e. The molecule has 4 aromatic rings. The van der Waals surface area contributed by atoms with Gasteiger partial charge in [0.2, 0.25) is 11.5 Å². The number of unbranched alkanes of at least 4 members (excludes halogenated alkanes) is 32. The number of nitro benzene ring substituents is 2. The number of aryl methyl sites for hydroxylation is 2. The van der Waals surface area contributed by atoms with Crippen molar-refractivity contribution < 1.29 is 154 Å². The Morgan fingerprint density at radius 3 is 0.715 bits per heavy atom. The molecule has 0 saturated carbocycles. The summed E-state index contributed by atoms with van der Waals surface area (Å²) in [7, 11) is 0. The monoisotopic (exact) mass is 1950 g/mol. The van der Waals surface area contributed by atoms with Crippen molar-refractivity contribution >= 4 is 89.0 Å². The molecule has 4 rings (SSSR count). The Morgan fingerprint density at radius 2 is 0.540 bits per heavy atom. The van der Waals surface area contributed by atoms with Gasteiger partial charge in [-0.2, -0.15) is 0 Å². The molecule has 0 spiro atoms. The number of rotatable bonds is 57. The van der Waals surface area contributed by atoms with Gasteiger partial charge in [-0.1, -0.05) is 298 Å². The molecule has 1 atom stereocenters. The van der Waals surface area contributed by atoms with Gasteiger partial charge in [-0.05, 0) is 139 Å². The van der Waals surface area contributed by atoms with Gasteiger partial charge in [-0.3, -0.25) is 63.4 Å². The second-order valence-corrected chi connectivity index (χ2v) is 32.6. The molecule has 4 aromatic carbocycles. The zero-order valence-corrected chi connectivity index (χ0v) is 83.8. The van der Waals surface area contributed by atoms with Gasteiger partial charge in [0.05, 0.1) is 26.4 Å². The summed E-state index contributed by atoms with van der Waals surface area (Å²) < 4.78 is 0. The lowest BCUT2D eigenvalue weighted by Crippen LogP contribution is -2.29. The number of benzene rings is 4. The van der Waals surface area contributed by atoms with Crippen LogP contribution in [0.4, 0.5) is 11.4 Å². The van der Waals surface area contributed by atoms with Crippen molar-refractivity contribution in [1.82, 2.24) is 0 Å². The Hall–Kier alpha value is -11.9. The molecule has 18 N–H and O–H groups in total. The van der Waals surface area contributed by atoms with Crippen molar-refractivity contribution in [3.8, 4) is 17.2 Å². The number of aliphatic carboxylic acids is 9. The zero-order chi connectivity index (χ0) is 107. The molecule has 137 heavy (non-hydrogen) atoms. The summed E-state index contributed by atoms with van der Waals surface area (Å²) in [5.41, 5.74) is 3.72. The Balaban J connectivity index is -0.000000186. The van der Waals surface area contributed by atoms with E-state index in [9.17, 15) is 92.8 Å². The summed E-state index contributed by atoms with van der Waals surface area (Å²) >= 11 is 0. The minimum absolute atomic E-state index is 0.0279. The molecule has 36 heteroatoms. The van der Waals surface area contributed by atoms with Crippen LogP contribution in [0.15, 0.2) is 78.9 Å². The highest BCUT2D eigenvalue weighted by molar-refractivity contribution is 5.93. The summed E-state index contributed by atoms with van der Waals surface area (Å²) in [6.07, 6.45) is 49.5. The van der Waals surface area contributed by atoms with Gasteiger partial charge in [0.15, 0.2) is 0 Å². The van der Waals surface area contributed by atoms with E-state index in [0.717, 1.165) is 121 Å². The van der Waals surface area contributed by atoms with Crippen molar-refractivity contribution in [2.45, 2.75) is 411 Å². The molecule has 0 fully saturated rings. The standard InChI is InChI=1S/C13H26O2.C11H22O2.C10H20O2.2C8H7NO5.C8H16O2.C7H6O3.C7H6O2.C7H14O2.2C6H12O2.C5H11NO2.C5H10O2/c1-2-3-4-5-6-7-8-9-10-11-12-13(14)15;1-2-3-4-5-6-7-8-9-10-11(12)13;1-2-3-4-5-6-7-8-9-10(11)12;2*1-4-2-5(8(11)12)7(10)6(3-4)9(13)14;1-2-3-4-5-6-7-8(9)10;8-6-3-1-2-5(4-6)7(9)10;8-7(9)6-4-2-1-3-5-6;1-2-3-4-5-6-7(8)9;1-4-6(2,3)5(7)8;1-2-3-4-5-6(7)8;1-2-3-4(6)5(7)8;1-2-3-4-5(6)7/h2-12H2,1H3,(H,14,15);2-10H2,1H3,(H,12,13);2-9H2,1H3,(H,11,12);2*2-3,10H,1H3,(H,11,12);2-7H2,1H3,(H,9,10);1-4,8H,(H,9,10);1-5H,(H,8,9);2-6H2,1H3,(H,8,9);4H2,1-3H3,(H,7,8);2-5H2,1H3,(H,7,8);4H,2-3,6H2,1H3,(H,7,8);2-4H2,1H3,(H,6,7). The third-order valence-corrected chi connectivity index (χ3v) is 19.3. The van der Waals surface area contributed by atoms with E-state index >= 15 is 0 Å². The van der Waals surface area contributed by atoms with Gasteiger partial charge in [0.1, 0.15) is 22.9 Å². The first-order chi connectivity index (χ1) is 64.4. The zero-order valence-electron chi connectivity index (χ0n) is 83.8. The third kappa shape index (κ3) is 108. The van der Waals surface area contributed by atoms with Crippen LogP contribution in [0.2, 0.25) is 0 Å². The highest BCUT2D eigenvalue weighted by Crippen LogP contribution is 2.32. The smallest absolute Gasteiger partial charge is 0.339 e. The summed E-state index contributed by atoms with van der Waals surface area (Å²) in [5, 5.41) is 157. The number of aromatic carboxylic acids is 4. The number of phenolic OH excluding ortho intramolecular Hbond substituents is 1. The van der Waals surface area contributed by atoms with E-state index in [-0.39, 0.29) is 11.3 Å². The maximum absolute atomic E-state index is 10.6. The third-order valence-electron chi connectivity index (χ3n) is 19.3. The topological polar surface area (TPSA) is 658 Å². The fraction of sp³-hybridized carbons (Fsp3) is 0.634. The molecule has 0 heterocycles. The number of phenols is 3. The van der Waals surface area contributed by atoms with E-state index in [1.807, 2.05) is 20.8 Å². The lowest BCUT2D eigenvalue weighted by atomic mass is 9.91. The van der Waals surface area contributed by atoms with E-state index in [1.54, 1.807) is 44.2 Å². The van der Waals surface area contributed by atoms with Crippen LogP contribution < -0.4 is 5.73 Å². The van der Waals surface area contributed by atoms with Gasteiger partial charge in [-0.25, -0.2) is 19.2 Å². The summed E-state index contributed by atoms with van der Waals surface area (Å²) in [6, 6.07) is 17.7. The fourth-order valence-electron chi connectivity index (χ4n) is 10.8. The molecular weight excluding hydrogens is 1780 g/mol. The summed E-state index contributed by atoms with van der Waals surface area (Å²) in [5.74, 6) is -12.7. The normalized spacial score (nSPS) is 10.0. The van der Waals surface area contributed by atoms with E-state index in [2.05, 4.69) is 41.5 Å². The first-order valence-corrected chi connectivity index (χ1v) is 47.9. The van der Waals surface area contributed by atoms with Gasteiger partial charge in [-0.15, -0.1) is 0 Å². The largest absolute Gasteiger partial charge is 0.508 e. The predicted molar refractivity (Wildman–Crippen MR) is 529 cm³/mol. The number of nitro groups is 2. The van der Waals surface area contributed by atoms with Gasteiger partial charge in [0, 0.05) is 57.1 Å². The summed E-state index contributed by atoms with van der Waals surface area (Å²) in [4.78, 5) is 151. The predicted octanol–water partition coefficient (Wildman–Crippen LogP) is 25.4. The van der Waals surface area contributed by atoms with E-state index in [0.29, 0.717) is 74.5 Å². The van der Waals surface area contributed by atoms with Crippen LogP contribution in [0.3, 0.4) is 0 Å². The van der Waals surface area contributed by atoms with Crippen molar-refractivity contribution in [2.75, 3.05) is 0 Å². The Labute approximate surface area is 810 Å². The molecular formula is C101H169N3O33. The molecule has 0 amide bonds. The maximum atomic E-state index is 10.6. The van der Waals surface area contributed by atoms with Crippen molar-refractivity contribution in [2.24, 2.45) is 11.1 Å². The van der Waals surface area contributed by atoms with Crippen molar-refractivity contribution in [3.05, 3.63) is 132 Å². The number of carboxylic acid groups (broad SMARTS) is 13. The average Bonchev–Trinajstić information content (AvgIpc) is 0.827. The van der Waals surface area contributed by atoms with E-state index < -0.39 is 133 Å². The molecule has 0 bridgehead atoms. The van der Waals surface area contributed by atoms with Crippen LogP contribution in [0.1, 0.15) is 443 Å². The maximum Gasteiger partial charge on any atom is 0.339 e. The number of carboxylic acids is 13. The van der Waals surface area contributed by atoms with Gasteiger partial charge >= 0.3 is 89.0 Å². The Bertz CT molecular complexity index is 3700. The van der Waals surface area contributed by atoms with Crippen LogP contribution in [-0.4, -0.2) is 175 Å². The SMILES string of the molecule is CCC(C)(C)C(=O)O.CCCC(N)C(=O)O.CCCCC(=O)O.CCCCCC(=O)O.CCCCCCC(=O)O.CCCCCCCC(=O)O.CCCCCCCCCC(=O)O.CCCCCCCCCCC(=O)O.CCCCCCCCCCCCC(=O)O.Cc1cc(C(=O)O)c(O)c([N+](=O)[O-])c1.Cc1cc(C(=O)O)c(O)c([N+](=O)[O-])c1.O=C(O)c1cccc(O)c1.O=C(O)c1ccccc1. The number of hydrogen-bond donors (Lipinski definition) is 17. The second kappa shape index (κ2) is 100. The van der Waals surface area contributed by atoms with Crippen LogP contribution in [0.5, 0.6) is 17.2 Å². The van der Waals surface area contributed by atoms with E-state index in [4.69, 9.17) is 77.2 Å². The molecule has 0 saturated heterocycles. The van der Waals surface area contributed by atoms with Crippen molar-refractivity contribution in [3.63, 3.8) is 0 Å². The van der Waals surface area contributed by atoms with Crippen LogP contribution in [-0.2, 0) is 43.2 Å². The molecule has 786 valence electrons. The number of nitrogens with zero attached hydrogens (tertiary/aromatic N) is 2. The summed E-state index contributed by atoms with van der Waals surface area (Å²) in [6.45, 7) is 25.2. The average molecular weight is 1950 g/mol. The molecule has 0 radical (unpaired) electrons. The Kier molecular flexibility index (Phi) is 104. The fourth-order valence-corrected chi connectivity index (χ4v) is 10.8. The van der Waals surface area contributed by atoms with Crippen LogP contribution in [0.25, 0.3) is 0 Å². The molecule has 0 aliphatic carbocycles. The highest BCUT2D eigenvalue weighted by atomic mass is 16.6. The van der Waals surface area contributed by atoms with Crippen LogP contribution in [0, 0.1) is 39.5 Å². The van der Waals surface area contributed by atoms with Crippen LogP contribution >= 0.6 is 0 Å². The minimum atomic E-state index is -1.39. The number of hydrogen-bond acceptors (Lipinski definition) is 21. The second-order valence-electron chi connectivity index (χ2n) is 32.6. The lowest BCUT2D eigenvalue weighted by Gasteiger charge is -2.14. The number of carbonyl (C=O) groups is 13. The van der Waals surface area contributed by atoms with Gasteiger partial charge in [0.25, 0.3) is 0 Å². The van der Waals surface area contributed by atoms with E-state index in [1.165, 1.54) is 198 Å². The molecule has 0 aromatic heterocycles. The van der Waals surface area contributed by atoms with Gasteiger partial charge < -0.3 is 87.4 Å². The first-order valence-electron chi connectivity index (χ1n) is 47.9. The molecule has 0 aliphatic heterocycles. The number of nitrogens with two attached hydrogens (primary N) is 1. The quantitative estimate of drug-likeness (QED) is 0.0111. The first kappa shape index (κ1) is 143. The molecule has 36 nitrogen and oxygen atoms in total. The highest BCUT2D eigenvalue weighted by Gasteiger charge is 2.25. The molecule has 0 aliphatic rings. The van der Waals surface area contributed by atoms with Crippen molar-refractivity contribution in [1.29, 1.82) is 0 Å². The number of aromatic hydroxyl groups is 3. The Morgan fingerprint density at radius 1 is 0.307 bits per heavy atom. The molecule has 1 unspecified atom stereocenters. The lowest BCUT2D eigenvalue weighted by molar-refractivity contribution is -0.386.